The maximum Gasteiger partial charge on any atom is 0.225 e. The Morgan fingerprint density at radius 1 is 1.26 bits per heavy atom. The number of aliphatic hydroxyl groups is 1. The molecule has 1 atom stereocenters. The Labute approximate surface area is 113 Å². The number of hydrogen-bond acceptors (Lipinski definition) is 4. The molecule has 2 N–H and O–H groups in total. The minimum absolute atomic E-state index is 0.106. The quantitative estimate of drug-likeness (QED) is 0.681. The summed E-state index contributed by atoms with van der Waals surface area (Å²) in [5, 5.41) is 12.1. The van der Waals surface area contributed by atoms with Crippen LogP contribution in [0, 0.1) is 0 Å². The van der Waals surface area contributed by atoms with Crippen LogP contribution in [0.3, 0.4) is 0 Å². The predicted octanol–water partition coefficient (Wildman–Crippen LogP) is 0.715. The molecular formula is C14H21NO4. The number of amides is 1. The minimum Gasteiger partial charge on any atom is -0.394 e. The molecule has 0 fully saturated rings. The zero-order valence-corrected chi connectivity index (χ0v) is 11.3. The molecule has 1 aromatic carbocycles. The van der Waals surface area contributed by atoms with Crippen molar-refractivity contribution < 1.29 is 19.4 Å². The van der Waals surface area contributed by atoms with Crippen LogP contribution in [-0.4, -0.2) is 44.2 Å². The van der Waals surface area contributed by atoms with E-state index in [4.69, 9.17) is 9.47 Å². The normalized spacial score (nSPS) is 12.4. The van der Waals surface area contributed by atoms with Crippen molar-refractivity contribution >= 4 is 5.91 Å². The molecule has 1 amide bonds. The van der Waals surface area contributed by atoms with E-state index >= 15 is 0 Å². The molecule has 0 aromatic heterocycles. The highest BCUT2D eigenvalue weighted by molar-refractivity contribution is 5.76. The van der Waals surface area contributed by atoms with E-state index < -0.39 is 6.29 Å². The highest BCUT2D eigenvalue weighted by atomic mass is 16.7. The maximum atomic E-state index is 11.7. The second kappa shape index (κ2) is 8.63. The van der Waals surface area contributed by atoms with Gasteiger partial charge in [-0.2, -0.15) is 0 Å². The van der Waals surface area contributed by atoms with E-state index in [0.717, 1.165) is 5.56 Å². The molecule has 0 heterocycles. The van der Waals surface area contributed by atoms with E-state index in [0.29, 0.717) is 6.42 Å². The van der Waals surface area contributed by atoms with Gasteiger partial charge in [0, 0.05) is 14.2 Å². The van der Waals surface area contributed by atoms with Crippen LogP contribution in [0.1, 0.15) is 12.0 Å². The molecule has 0 aliphatic rings. The first-order valence-electron chi connectivity index (χ1n) is 6.19. The van der Waals surface area contributed by atoms with Crippen LogP contribution in [0.25, 0.3) is 0 Å². The fraction of sp³-hybridized carbons (Fsp3) is 0.500. The number of rotatable bonds is 8. The van der Waals surface area contributed by atoms with Crippen molar-refractivity contribution in [2.24, 2.45) is 0 Å². The van der Waals surface area contributed by atoms with E-state index in [1.165, 1.54) is 14.2 Å². The molecule has 0 saturated heterocycles. The van der Waals surface area contributed by atoms with Crippen LogP contribution in [-0.2, 0) is 20.7 Å². The van der Waals surface area contributed by atoms with E-state index in [1.807, 2.05) is 30.3 Å². The van der Waals surface area contributed by atoms with Gasteiger partial charge in [-0.25, -0.2) is 0 Å². The fourth-order valence-corrected chi connectivity index (χ4v) is 1.76. The molecule has 106 valence electrons. The fourth-order valence-electron chi connectivity index (χ4n) is 1.76. The smallest absolute Gasteiger partial charge is 0.225 e. The Hall–Kier alpha value is -1.43. The predicted molar refractivity (Wildman–Crippen MR) is 71.6 cm³/mol. The summed E-state index contributed by atoms with van der Waals surface area (Å²) in [5.74, 6) is -0.205. The zero-order valence-electron chi connectivity index (χ0n) is 11.3. The lowest BCUT2D eigenvalue weighted by Crippen LogP contribution is -2.40. The largest absolute Gasteiger partial charge is 0.394 e. The van der Waals surface area contributed by atoms with Gasteiger partial charge in [0.25, 0.3) is 0 Å². The molecule has 0 spiro atoms. The molecule has 0 bridgehead atoms. The summed E-state index contributed by atoms with van der Waals surface area (Å²) >= 11 is 0. The SMILES string of the molecule is COC(CC(=O)NC(CO)Cc1ccccc1)OC. The van der Waals surface area contributed by atoms with Crippen molar-refractivity contribution in [3.8, 4) is 0 Å². The number of ether oxygens (including phenoxy) is 2. The van der Waals surface area contributed by atoms with E-state index in [2.05, 4.69) is 5.32 Å². The molecular weight excluding hydrogens is 246 g/mol. The topological polar surface area (TPSA) is 67.8 Å². The number of carbonyl (C=O) groups excluding carboxylic acids is 1. The minimum atomic E-state index is -0.559. The van der Waals surface area contributed by atoms with Crippen LogP contribution in [0.15, 0.2) is 30.3 Å². The van der Waals surface area contributed by atoms with Gasteiger partial charge in [-0.05, 0) is 12.0 Å². The summed E-state index contributed by atoms with van der Waals surface area (Å²) in [5.41, 5.74) is 1.07. The summed E-state index contributed by atoms with van der Waals surface area (Å²) in [6, 6.07) is 9.40. The lowest BCUT2D eigenvalue weighted by molar-refractivity contribution is -0.140. The first-order valence-corrected chi connectivity index (χ1v) is 6.19. The lowest BCUT2D eigenvalue weighted by atomic mass is 10.1. The second-order valence-corrected chi connectivity index (χ2v) is 4.24. The molecule has 0 radical (unpaired) electrons. The van der Waals surface area contributed by atoms with Crippen molar-refractivity contribution in [2.75, 3.05) is 20.8 Å². The van der Waals surface area contributed by atoms with E-state index in [-0.39, 0.29) is 25.0 Å². The summed E-state index contributed by atoms with van der Waals surface area (Å²) in [7, 11) is 2.96. The molecule has 1 unspecified atom stereocenters. The summed E-state index contributed by atoms with van der Waals surface area (Å²) in [6.07, 6.45) is 0.141. The average molecular weight is 267 g/mol. The van der Waals surface area contributed by atoms with Gasteiger partial charge in [0.1, 0.15) is 0 Å². The van der Waals surface area contributed by atoms with Gasteiger partial charge < -0.3 is 19.9 Å². The molecule has 1 rings (SSSR count). The number of carbonyl (C=O) groups is 1. The Morgan fingerprint density at radius 2 is 1.89 bits per heavy atom. The molecule has 1 aromatic rings. The van der Waals surface area contributed by atoms with Gasteiger partial charge in [-0.15, -0.1) is 0 Å². The van der Waals surface area contributed by atoms with Gasteiger partial charge >= 0.3 is 0 Å². The maximum absolute atomic E-state index is 11.7. The first kappa shape index (κ1) is 15.6. The number of nitrogens with one attached hydrogen (secondary N) is 1. The van der Waals surface area contributed by atoms with Gasteiger partial charge in [0.2, 0.25) is 5.91 Å². The van der Waals surface area contributed by atoms with Gasteiger partial charge in [0.15, 0.2) is 6.29 Å². The van der Waals surface area contributed by atoms with Gasteiger partial charge in [-0.1, -0.05) is 30.3 Å². The van der Waals surface area contributed by atoms with Gasteiger partial charge in [0.05, 0.1) is 19.1 Å². The van der Waals surface area contributed by atoms with Gasteiger partial charge in [-0.3, -0.25) is 4.79 Å². The van der Waals surface area contributed by atoms with Crippen molar-refractivity contribution in [3.05, 3.63) is 35.9 Å². The summed E-state index contributed by atoms with van der Waals surface area (Å²) in [6.45, 7) is -0.106. The lowest BCUT2D eigenvalue weighted by Gasteiger charge is -2.18. The highest BCUT2D eigenvalue weighted by Crippen LogP contribution is 2.04. The summed E-state index contributed by atoms with van der Waals surface area (Å²) < 4.78 is 9.92. The van der Waals surface area contributed by atoms with Crippen molar-refractivity contribution in [3.63, 3.8) is 0 Å². The first-order chi connectivity index (χ1) is 9.19. The van der Waals surface area contributed by atoms with E-state index in [1.54, 1.807) is 0 Å². The average Bonchev–Trinajstić information content (AvgIpc) is 2.45. The Balaban J connectivity index is 2.46. The number of aliphatic hydroxyl groups excluding tert-OH is 1. The van der Waals surface area contributed by atoms with Crippen molar-refractivity contribution in [1.82, 2.24) is 5.32 Å². The molecule has 0 saturated carbocycles. The Morgan fingerprint density at radius 3 is 2.42 bits per heavy atom. The number of benzene rings is 1. The monoisotopic (exact) mass is 267 g/mol. The summed E-state index contributed by atoms with van der Waals surface area (Å²) in [4.78, 5) is 11.7. The third kappa shape index (κ3) is 5.83. The Bertz CT molecular complexity index is 365. The van der Waals surface area contributed by atoms with Crippen molar-refractivity contribution in [2.45, 2.75) is 25.2 Å². The second-order valence-electron chi connectivity index (χ2n) is 4.24. The van der Waals surface area contributed by atoms with Crippen LogP contribution >= 0.6 is 0 Å². The highest BCUT2D eigenvalue weighted by Gasteiger charge is 2.16. The van der Waals surface area contributed by atoms with Crippen LogP contribution < -0.4 is 5.32 Å². The molecule has 0 aliphatic heterocycles. The molecule has 5 heteroatoms. The zero-order chi connectivity index (χ0) is 14.1. The molecule has 19 heavy (non-hydrogen) atoms. The van der Waals surface area contributed by atoms with Crippen LogP contribution in [0.5, 0.6) is 0 Å². The molecule has 0 aliphatic carbocycles. The Kier molecular flexibility index (Phi) is 7.10. The standard InChI is InChI=1S/C14H21NO4/c1-18-14(19-2)9-13(17)15-12(10-16)8-11-6-4-3-5-7-11/h3-7,12,14,16H,8-10H2,1-2H3,(H,15,17). The third-order valence-corrected chi connectivity index (χ3v) is 2.79. The van der Waals surface area contributed by atoms with Crippen molar-refractivity contribution in [1.29, 1.82) is 0 Å². The third-order valence-electron chi connectivity index (χ3n) is 2.79. The number of hydrogen-bond donors (Lipinski definition) is 2. The van der Waals surface area contributed by atoms with E-state index in [9.17, 15) is 9.90 Å². The molecule has 5 nitrogen and oxygen atoms in total. The number of methoxy groups -OCH3 is 2. The van der Waals surface area contributed by atoms with Crippen LogP contribution in [0.4, 0.5) is 0 Å². The van der Waals surface area contributed by atoms with Crippen LogP contribution in [0.2, 0.25) is 0 Å².